The summed E-state index contributed by atoms with van der Waals surface area (Å²) >= 11 is 6.88. The van der Waals surface area contributed by atoms with Gasteiger partial charge in [-0.15, -0.1) is 0 Å². The first kappa shape index (κ1) is 38.8. The number of nitrogens with one attached hydrogen (secondary N) is 2. The maximum Gasteiger partial charge on any atom is 0.142 e. The number of aromatic nitrogens is 3. The van der Waals surface area contributed by atoms with Crippen molar-refractivity contribution in [1.29, 1.82) is 5.26 Å². The number of H-pyrrole nitrogens is 1. The van der Waals surface area contributed by atoms with Gasteiger partial charge in [0.2, 0.25) is 0 Å². The largest absolute Gasteiger partial charge is 0.493 e. The number of aliphatic hydroxyl groups is 1. The van der Waals surface area contributed by atoms with Crippen LogP contribution in [0.25, 0.3) is 22.2 Å². The summed E-state index contributed by atoms with van der Waals surface area (Å²) in [5.74, 6) is 2.93. The first-order valence-corrected chi connectivity index (χ1v) is 19.5. The van der Waals surface area contributed by atoms with Crippen molar-refractivity contribution in [3.05, 3.63) is 135 Å². The van der Waals surface area contributed by atoms with E-state index in [1.807, 2.05) is 48.5 Å². The predicted octanol–water partition coefficient (Wildman–Crippen LogP) is 8.09. The highest BCUT2D eigenvalue weighted by Gasteiger charge is 2.20. The summed E-state index contributed by atoms with van der Waals surface area (Å²) in [7, 11) is 0. The van der Waals surface area contributed by atoms with E-state index in [0.29, 0.717) is 48.4 Å². The van der Waals surface area contributed by atoms with Gasteiger partial charge in [0.05, 0.1) is 34.3 Å². The van der Waals surface area contributed by atoms with Gasteiger partial charge in [0.25, 0.3) is 0 Å². The van der Waals surface area contributed by atoms with Gasteiger partial charge in [0, 0.05) is 68.7 Å². The predicted molar refractivity (Wildman–Crippen MR) is 219 cm³/mol. The number of ether oxygens (including phenoxy) is 3. The van der Waals surface area contributed by atoms with E-state index in [2.05, 4.69) is 69.4 Å². The molecule has 0 spiro atoms. The second kappa shape index (κ2) is 18.5. The van der Waals surface area contributed by atoms with E-state index in [4.69, 9.17) is 25.8 Å². The van der Waals surface area contributed by atoms with E-state index in [1.54, 1.807) is 12.3 Å². The molecule has 0 bridgehead atoms. The normalized spacial score (nSPS) is 14.2. The second-order valence-electron chi connectivity index (χ2n) is 14.3. The van der Waals surface area contributed by atoms with Crippen LogP contribution in [0.2, 0.25) is 5.02 Å². The van der Waals surface area contributed by atoms with E-state index in [-0.39, 0.29) is 12.7 Å². The maximum atomic E-state index is 9.82. The number of fused-ring (bicyclic) bond motifs is 1. The number of likely N-dealkylation sites (tertiary alicyclic amines) is 1. The van der Waals surface area contributed by atoms with Crippen LogP contribution in [0.3, 0.4) is 0 Å². The Morgan fingerprint density at radius 1 is 0.911 bits per heavy atom. The molecule has 1 aliphatic heterocycles. The maximum absolute atomic E-state index is 9.82. The number of nitriles is 1. The van der Waals surface area contributed by atoms with Gasteiger partial charge in [0.1, 0.15) is 42.4 Å². The minimum atomic E-state index is -0.203. The van der Waals surface area contributed by atoms with Crippen LogP contribution in [0.4, 0.5) is 0 Å². The lowest BCUT2D eigenvalue weighted by molar-refractivity contribution is 0.173. The number of aromatic amines is 1. The first-order chi connectivity index (χ1) is 27.3. The highest BCUT2D eigenvalue weighted by atomic mass is 35.5. The van der Waals surface area contributed by atoms with Gasteiger partial charge in [-0.2, -0.15) is 5.26 Å². The number of pyridine rings is 1. The van der Waals surface area contributed by atoms with Crippen molar-refractivity contribution in [3.63, 3.8) is 0 Å². The molecule has 3 N–H and O–H groups in total. The van der Waals surface area contributed by atoms with Crippen molar-refractivity contribution >= 4 is 22.6 Å². The average molecular weight is 771 g/mol. The number of halogens is 1. The molecular weight excluding hydrogens is 724 g/mol. The minimum absolute atomic E-state index is 0.203. The molecule has 6 aromatic rings. The standard InChI is InChI=1S/C45H47ClN6O4/c1-30-34(8-5-9-37(30)38-10-6-13-42(31(38)2)54-19-7-17-52-18-15-36(53)27-52)29-56-44-22-43(55-28-33-20-32(23-47)24-49-25-33)35(21-39(44)46)26-48-16-14-45-50-40-11-3-4-12-41(40)51-45/h3-6,8-13,20-22,24-25,36,48,53H,7,14-19,26-29H2,1-2H3,(H,50,51)/t36-/m1/s1. The first-order valence-electron chi connectivity index (χ1n) is 19.1. The SMILES string of the molecule is Cc1c(COc2cc(OCc3cncc(C#N)c3)c(CNCCc3nc4ccccc4[nH]3)cc2Cl)cccc1-c1cccc(OCCCN2CC[C@@H](O)C2)c1C. The van der Waals surface area contributed by atoms with Crippen LogP contribution >= 0.6 is 11.6 Å². The molecule has 0 saturated carbocycles. The third-order valence-electron chi connectivity index (χ3n) is 10.3. The zero-order valence-corrected chi connectivity index (χ0v) is 32.6. The summed E-state index contributed by atoms with van der Waals surface area (Å²) < 4.78 is 19.0. The second-order valence-corrected chi connectivity index (χ2v) is 14.7. The van der Waals surface area contributed by atoms with Crippen LogP contribution in [0.1, 0.15) is 52.0 Å². The topological polar surface area (TPSA) is 129 Å². The quantitative estimate of drug-likeness (QED) is 0.0789. The molecule has 3 heterocycles. The molecule has 0 aliphatic carbocycles. The van der Waals surface area contributed by atoms with Gasteiger partial charge >= 0.3 is 0 Å². The lowest BCUT2D eigenvalue weighted by Gasteiger charge is -2.19. The number of nitrogens with zero attached hydrogens (tertiary/aromatic N) is 4. The van der Waals surface area contributed by atoms with Crippen LogP contribution < -0.4 is 19.5 Å². The summed E-state index contributed by atoms with van der Waals surface area (Å²) in [5.41, 5.74) is 9.58. The molecular formula is C45H47ClN6O4. The number of rotatable bonds is 17. The van der Waals surface area contributed by atoms with Gasteiger partial charge in [0.15, 0.2) is 0 Å². The Kier molecular flexibility index (Phi) is 12.8. The minimum Gasteiger partial charge on any atom is -0.493 e. The van der Waals surface area contributed by atoms with E-state index < -0.39 is 0 Å². The van der Waals surface area contributed by atoms with Crippen molar-refractivity contribution in [2.24, 2.45) is 0 Å². The fraction of sp³-hybridized carbons (Fsp3) is 0.311. The lowest BCUT2D eigenvalue weighted by atomic mass is 9.93. The molecule has 2 aromatic heterocycles. The summed E-state index contributed by atoms with van der Waals surface area (Å²) in [6, 6.07) is 28.1. The fourth-order valence-corrected chi connectivity index (χ4v) is 7.38. The van der Waals surface area contributed by atoms with Gasteiger partial charge in [-0.1, -0.05) is 54.1 Å². The Labute approximate surface area is 333 Å². The third kappa shape index (κ3) is 9.67. The van der Waals surface area contributed by atoms with Crippen molar-refractivity contribution in [2.45, 2.75) is 59.0 Å². The molecule has 0 amide bonds. The molecule has 10 nitrogen and oxygen atoms in total. The van der Waals surface area contributed by atoms with Crippen molar-refractivity contribution in [1.82, 2.24) is 25.2 Å². The highest BCUT2D eigenvalue weighted by Crippen LogP contribution is 2.36. The molecule has 11 heteroatoms. The highest BCUT2D eigenvalue weighted by molar-refractivity contribution is 6.32. The van der Waals surface area contributed by atoms with Gasteiger partial charge in [-0.05, 0) is 84.8 Å². The van der Waals surface area contributed by atoms with E-state index in [9.17, 15) is 10.4 Å². The molecule has 0 unspecified atom stereocenters. The number of imidazole rings is 1. The van der Waals surface area contributed by atoms with Gasteiger partial charge < -0.3 is 34.5 Å². The number of benzene rings is 4. The molecule has 1 aliphatic rings. The molecule has 1 fully saturated rings. The summed E-state index contributed by atoms with van der Waals surface area (Å²) in [5, 5.41) is 23.2. The number of β-amino-alcohol motifs (C(OH)–C–C–N with tert-alkyl or cyclic N) is 1. The number of para-hydroxylation sites is 2. The van der Waals surface area contributed by atoms with Crippen molar-refractivity contribution < 1.29 is 19.3 Å². The van der Waals surface area contributed by atoms with Crippen LogP contribution in [0.5, 0.6) is 17.2 Å². The van der Waals surface area contributed by atoms with Crippen LogP contribution in [0, 0.1) is 25.2 Å². The lowest BCUT2D eigenvalue weighted by Crippen LogP contribution is -2.24. The van der Waals surface area contributed by atoms with Crippen molar-refractivity contribution in [2.75, 3.05) is 32.8 Å². The van der Waals surface area contributed by atoms with E-state index in [1.165, 1.54) is 6.20 Å². The third-order valence-corrected chi connectivity index (χ3v) is 10.5. The van der Waals surface area contributed by atoms with Gasteiger partial charge in [-0.3, -0.25) is 4.98 Å². The molecule has 288 valence electrons. The number of hydrogen-bond donors (Lipinski definition) is 3. The Bertz CT molecular complexity index is 2290. The molecule has 7 rings (SSSR count). The van der Waals surface area contributed by atoms with Crippen LogP contribution in [0.15, 0.2) is 91.3 Å². The molecule has 4 aromatic carbocycles. The van der Waals surface area contributed by atoms with Gasteiger partial charge in [-0.25, -0.2) is 4.98 Å². The summed E-state index contributed by atoms with van der Waals surface area (Å²) in [6.45, 7) is 9.20. The molecule has 1 saturated heterocycles. The Hall–Kier alpha value is -5.44. The molecule has 0 radical (unpaired) electrons. The summed E-state index contributed by atoms with van der Waals surface area (Å²) in [6.07, 6.45) is 5.51. The van der Waals surface area contributed by atoms with Crippen LogP contribution in [-0.4, -0.2) is 63.8 Å². The van der Waals surface area contributed by atoms with E-state index >= 15 is 0 Å². The van der Waals surface area contributed by atoms with Crippen molar-refractivity contribution in [3.8, 4) is 34.4 Å². The number of hydrogen-bond acceptors (Lipinski definition) is 9. The Morgan fingerprint density at radius 3 is 2.55 bits per heavy atom. The monoisotopic (exact) mass is 770 g/mol. The van der Waals surface area contributed by atoms with E-state index in [0.717, 1.165) is 100 Å². The Morgan fingerprint density at radius 2 is 1.73 bits per heavy atom. The zero-order valence-electron chi connectivity index (χ0n) is 31.9. The fourth-order valence-electron chi connectivity index (χ4n) is 7.14. The summed E-state index contributed by atoms with van der Waals surface area (Å²) in [4.78, 5) is 14.5. The molecule has 56 heavy (non-hydrogen) atoms. The zero-order chi connectivity index (χ0) is 38.9. The van der Waals surface area contributed by atoms with Crippen LogP contribution in [-0.2, 0) is 26.2 Å². The smallest absolute Gasteiger partial charge is 0.142 e. The Balaban J connectivity index is 1.03. The number of aliphatic hydroxyl groups excluding tert-OH is 1. The average Bonchev–Trinajstić information content (AvgIpc) is 3.83. The molecule has 1 atom stereocenters.